The number of rotatable bonds is 7. The Morgan fingerprint density at radius 1 is 0.833 bits per heavy atom. The maximum Gasteiger partial charge on any atom is 0.270 e. The molecule has 2 N–H and O–H groups in total. The summed E-state index contributed by atoms with van der Waals surface area (Å²) in [7, 11) is 0. The van der Waals surface area contributed by atoms with Gasteiger partial charge in [0.25, 0.3) is 5.91 Å². The second-order valence-corrected chi connectivity index (χ2v) is 6.54. The zero-order valence-corrected chi connectivity index (χ0v) is 16.2. The molecule has 0 atom stereocenters. The number of nitrogens with zero attached hydrogens (tertiary/aromatic N) is 4. The number of aromatic nitrogens is 4. The average Bonchev–Trinajstić information content (AvgIpc) is 2.83. The van der Waals surface area contributed by atoms with Gasteiger partial charge in [0, 0.05) is 36.8 Å². The van der Waals surface area contributed by atoms with Gasteiger partial charge in [-0.2, -0.15) is 0 Å². The van der Waals surface area contributed by atoms with E-state index in [0.717, 1.165) is 16.8 Å². The van der Waals surface area contributed by atoms with Crippen LogP contribution in [0.2, 0.25) is 0 Å². The van der Waals surface area contributed by atoms with Crippen LogP contribution in [-0.4, -0.2) is 25.8 Å². The van der Waals surface area contributed by atoms with Crippen molar-refractivity contribution in [1.29, 1.82) is 0 Å². The van der Waals surface area contributed by atoms with Crippen molar-refractivity contribution < 1.29 is 4.79 Å². The minimum Gasteiger partial charge on any atom is -0.366 e. The molecular weight excluding hydrogens is 376 g/mol. The Hall–Kier alpha value is -4.13. The van der Waals surface area contributed by atoms with E-state index in [4.69, 9.17) is 0 Å². The number of hydrogen-bond donors (Lipinski definition) is 2. The van der Waals surface area contributed by atoms with E-state index in [9.17, 15) is 4.79 Å². The number of hydrogen-bond acceptors (Lipinski definition) is 6. The van der Waals surface area contributed by atoms with E-state index in [2.05, 4.69) is 30.6 Å². The van der Waals surface area contributed by atoms with Crippen LogP contribution in [-0.2, 0) is 13.1 Å². The summed E-state index contributed by atoms with van der Waals surface area (Å²) in [5, 5.41) is 6.14. The van der Waals surface area contributed by atoms with Gasteiger partial charge >= 0.3 is 0 Å². The predicted octanol–water partition coefficient (Wildman–Crippen LogP) is 3.48. The van der Waals surface area contributed by atoms with Gasteiger partial charge in [-0.05, 0) is 29.8 Å². The highest BCUT2D eigenvalue weighted by atomic mass is 16.1. The fourth-order valence-corrected chi connectivity index (χ4v) is 2.83. The second-order valence-electron chi connectivity index (χ2n) is 6.54. The summed E-state index contributed by atoms with van der Waals surface area (Å²) >= 11 is 0. The lowest BCUT2D eigenvalue weighted by atomic mass is 10.2. The molecular formula is C23H20N6O. The molecule has 0 aliphatic carbocycles. The summed E-state index contributed by atoms with van der Waals surface area (Å²) in [4.78, 5) is 30.1. The topological polar surface area (TPSA) is 92.7 Å². The highest BCUT2D eigenvalue weighted by molar-refractivity contribution is 5.93. The predicted molar refractivity (Wildman–Crippen MR) is 114 cm³/mol. The molecule has 0 bridgehead atoms. The molecule has 0 saturated heterocycles. The Balaban J connectivity index is 1.57. The summed E-state index contributed by atoms with van der Waals surface area (Å²) in [6.45, 7) is 0.882. The third-order valence-corrected chi connectivity index (χ3v) is 4.37. The summed E-state index contributed by atoms with van der Waals surface area (Å²) in [6.07, 6.45) is 5.17. The Morgan fingerprint density at radius 3 is 2.40 bits per heavy atom. The van der Waals surface area contributed by atoms with E-state index in [1.165, 1.54) is 0 Å². The van der Waals surface area contributed by atoms with E-state index in [0.29, 0.717) is 24.7 Å². The van der Waals surface area contributed by atoms with E-state index < -0.39 is 0 Å². The SMILES string of the molecule is O=C(NCc1ccccn1)c1cc(NCc2ccncc2)nc(-c2ccccc2)n1. The quantitative estimate of drug-likeness (QED) is 0.497. The van der Waals surface area contributed by atoms with Crippen LogP contribution in [0.3, 0.4) is 0 Å². The molecule has 0 aliphatic heterocycles. The normalized spacial score (nSPS) is 10.4. The molecule has 0 spiro atoms. The van der Waals surface area contributed by atoms with Gasteiger partial charge in [-0.25, -0.2) is 9.97 Å². The van der Waals surface area contributed by atoms with E-state index in [1.807, 2.05) is 60.7 Å². The first-order valence-corrected chi connectivity index (χ1v) is 9.53. The van der Waals surface area contributed by atoms with Gasteiger partial charge in [0.1, 0.15) is 11.5 Å². The lowest BCUT2D eigenvalue weighted by Gasteiger charge is -2.11. The Bertz CT molecular complexity index is 1100. The lowest BCUT2D eigenvalue weighted by Crippen LogP contribution is -2.25. The number of pyridine rings is 2. The Morgan fingerprint density at radius 2 is 1.63 bits per heavy atom. The van der Waals surface area contributed by atoms with Gasteiger partial charge in [0.15, 0.2) is 5.82 Å². The fraction of sp³-hybridized carbons (Fsp3) is 0.0870. The Labute approximate surface area is 174 Å². The van der Waals surface area contributed by atoms with E-state index >= 15 is 0 Å². The van der Waals surface area contributed by atoms with Crippen molar-refractivity contribution in [2.45, 2.75) is 13.1 Å². The van der Waals surface area contributed by atoms with Crippen LogP contribution in [0.4, 0.5) is 5.82 Å². The molecule has 3 heterocycles. The first-order valence-electron chi connectivity index (χ1n) is 9.53. The van der Waals surface area contributed by atoms with Gasteiger partial charge in [-0.3, -0.25) is 14.8 Å². The van der Waals surface area contributed by atoms with Gasteiger partial charge in [0.05, 0.1) is 12.2 Å². The van der Waals surface area contributed by atoms with Gasteiger partial charge in [0.2, 0.25) is 0 Å². The van der Waals surface area contributed by atoms with Gasteiger partial charge in [-0.15, -0.1) is 0 Å². The van der Waals surface area contributed by atoms with Crippen molar-refractivity contribution in [2.24, 2.45) is 0 Å². The van der Waals surface area contributed by atoms with Crippen molar-refractivity contribution in [3.8, 4) is 11.4 Å². The van der Waals surface area contributed by atoms with Crippen molar-refractivity contribution in [2.75, 3.05) is 5.32 Å². The highest BCUT2D eigenvalue weighted by Gasteiger charge is 2.13. The first kappa shape index (κ1) is 19.2. The molecule has 0 saturated carbocycles. The smallest absolute Gasteiger partial charge is 0.270 e. The molecule has 148 valence electrons. The molecule has 7 nitrogen and oxygen atoms in total. The molecule has 3 aromatic heterocycles. The van der Waals surface area contributed by atoms with Crippen LogP contribution in [0.15, 0.2) is 85.3 Å². The average molecular weight is 396 g/mol. The number of carbonyl (C=O) groups is 1. The van der Waals surface area contributed by atoms with Crippen molar-refractivity contribution in [1.82, 2.24) is 25.3 Å². The fourth-order valence-electron chi connectivity index (χ4n) is 2.83. The van der Waals surface area contributed by atoms with Crippen LogP contribution >= 0.6 is 0 Å². The van der Waals surface area contributed by atoms with Gasteiger partial charge in [-0.1, -0.05) is 36.4 Å². The molecule has 1 amide bonds. The third-order valence-electron chi connectivity index (χ3n) is 4.37. The summed E-state index contributed by atoms with van der Waals surface area (Å²) < 4.78 is 0. The highest BCUT2D eigenvalue weighted by Crippen LogP contribution is 2.18. The van der Waals surface area contributed by atoms with E-state index in [-0.39, 0.29) is 11.6 Å². The number of nitrogens with one attached hydrogen (secondary N) is 2. The van der Waals surface area contributed by atoms with Crippen molar-refractivity contribution in [3.05, 3.63) is 102 Å². The Kier molecular flexibility index (Phi) is 6.00. The largest absolute Gasteiger partial charge is 0.366 e. The van der Waals surface area contributed by atoms with Crippen LogP contribution in [0, 0.1) is 0 Å². The standard InChI is InChI=1S/C23H20N6O/c30-23(27-16-19-8-4-5-11-25-19)20-14-21(26-15-17-9-12-24-13-10-17)29-22(28-20)18-6-2-1-3-7-18/h1-14H,15-16H2,(H,27,30)(H,26,28,29). The summed E-state index contributed by atoms with van der Waals surface area (Å²) in [5.74, 6) is 0.772. The molecule has 0 unspecified atom stereocenters. The molecule has 4 rings (SSSR count). The maximum atomic E-state index is 12.8. The second kappa shape index (κ2) is 9.38. The third kappa shape index (κ3) is 5.02. The lowest BCUT2D eigenvalue weighted by molar-refractivity contribution is 0.0945. The maximum absolute atomic E-state index is 12.8. The van der Waals surface area contributed by atoms with Crippen LogP contribution in [0.25, 0.3) is 11.4 Å². The summed E-state index contributed by atoms with van der Waals surface area (Å²) in [6, 6.07) is 20.7. The molecule has 1 aromatic carbocycles. The molecule has 7 heteroatoms. The van der Waals surface area contributed by atoms with Crippen LogP contribution in [0.1, 0.15) is 21.7 Å². The minimum atomic E-state index is -0.285. The molecule has 4 aromatic rings. The molecule has 0 fully saturated rings. The number of benzene rings is 1. The molecule has 0 radical (unpaired) electrons. The van der Waals surface area contributed by atoms with Crippen LogP contribution in [0.5, 0.6) is 0 Å². The minimum absolute atomic E-state index is 0.285. The monoisotopic (exact) mass is 396 g/mol. The summed E-state index contributed by atoms with van der Waals surface area (Å²) in [5.41, 5.74) is 2.96. The first-order chi connectivity index (χ1) is 14.8. The molecule has 0 aliphatic rings. The van der Waals surface area contributed by atoms with Crippen LogP contribution < -0.4 is 10.6 Å². The van der Waals surface area contributed by atoms with Gasteiger partial charge < -0.3 is 10.6 Å². The van der Waals surface area contributed by atoms with Crippen molar-refractivity contribution in [3.63, 3.8) is 0 Å². The number of amides is 1. The zero-order chi connectivity index (χ0) is 20.6. The van der Waals surface area contributed by atoms with E-state index in [1.54, 1.807) is 24.7 Å². The van der Waals surface area contributed by atoms with Crippen molar-refractivity contribution >= 4 is 11.7 Å². The number of carbonyl (C=O) groups excluding carboxylic acids is 1. The number of anilines is 1. The zero-order valence-electron chi connectivity index (χ0n) is 16.2. The molecule has 30 heavy (non-hydrogen) atoms.